The monoisotopic (exact) mass is 291 g/mol. The minimum atomic E-state index is -0.157. The molecule has 0 fully saturated rings. The van der Waals surface area contributed by atoms with Gasteiger partial charge in [0.1, 0.15) is 5.82 Å². The molecule has 0 amide bonds. The molecule has 106 valence electrons. The van der Waals surface area contributed by atoms with Crippen LogP contribution in [0.4, 0.5) is 4.39 Å². The maximum atomic E-state index is 14.0. The third kappa shape index (κ3) is 3.81. The van der Waals surface area contributed by atoms with E-state index >= 15 is 0 Å². The first-order chi connectivity index (χ1) is 9.60. The maximum Gasteiger partial charge on any atom is 0.128 e. The van der Waals surface area contributed by atoms with Crippen LogP contribution in [0.2, 0.25) is 5.02 Å². The number of nitrogens with one attached hydrogen (secondary N) is 1. The Labute approximate surface area is 124 Å². The van der Waals surface area contributed by atoms with Crippen LogP contribution in [-0.2, 0) is 6.42 Å². The molecule has 2 aromatic rings. The average molecular weight is 292 g/mol. The van der Waals surface area contributed by atoms with Gasteiger partial charge in [-0.25, -0.2) is 4.39 Å². The van der Waals surface area contributed by atoms with Crippen molar-refractivity contribution in [3.05, 3.63) is 70.0 Å². The smallest absolute Gasteiger partial charge is 0.128 e. The lowest BCUT2D eigenvalue weighted by Crippen LogP contribution is -2.24. The van der Waals surface area contributed by atoms with E-state index in [1.165, 1.54) is 6.07 Å². The Morgan fingerprint density at radius 1 is 1.15 bits per heavy atom. The normalized spacial score (nSPS) is 12.4. The largest absolute Gasteiger partial charge is 0.310 e. The highest BCUT2D eigenvalue weighted by Crippen LogP contribution is 2.23. The lowest BCUT2D eigenvalue weighted by molar-refractivity contribution is 0.509. The Hall–Kier alpha value is -1.38. The Morgan fingerprint density at radius 2 is 1.85 bits per heavy atom. The third-order valence-electron chi connectivity index (χ3n) is 3.33. The van der Waals surface area contributed by atoms with E-state index in [0.29, 0.717) is 0 Å². The number of hydrogen-bond acceptors (Lipinski definition) is 1. The van der Waals surface area contributed by atoms with Crippen molar-refractivity contribution in [2.24, 2.45) is 0 Å². The third-order valence-corrected chi connectivity index (χ3v) is 3.58. The molecule has 0 spiro atoms. The summed E-state index contributed by atoms with van der Waals surface area (Å²) in [4.78, 5) is 0. The van der Waals surface area contributed by atoms with Crippen LogP contribution in [0.5, 0.6) is 0 Å². The van der Waals surface area contributed by atoms with Crippen molar-refractivity contribution in [3.63, 3.8) is 0 Å². The highest BCUT2D eigenvalue weighted by Gasteiger charge is 2.15. The molecule has 0 aromatic heterocycles. The van der Waals surface area contributed by atoms with Gasteiger partial charge in [0, 0.05) is 16.6 Å². The van der Waals surface area contributed by atoms with Crippen molar-refractivity contribution in [1.82, 2.24) is 5.32 Å². The molecule has 0 aliphatic carbocycles. The standard InChI is InChI=1S/C17H19ClFN/c1-3-20-17(11-13-5-7-14(18)8-6-13)15-10-12(2)4-9-16(15)19/h4-10,17,20H,3,11H2,1-2H3. The summed E-state index contributed by atoms with van der Waals surface area (Å²) < 4.78 is 14.0. The van der Waals surface area contributed by atoms with Crippen LogP contribution in [0.3, 0.4) is 0 Å². The summed E-state index contributed by atoms with van der Waals surface area (Å²) in [5, 5.41) is 4.08. The highest BCUT2D eigenvalue weighted by molar-refractivity contribution is 6.30. The lowest BCUT2D eigenvalue weighted by atomic mass is 9.97. The molecule has 3 heteroatoms. The number of benzene rings is 2. The fourth-order valence-corrected chi connectivity index (χ4v) is 2.45. The summed E-state index contributed by atoms with van der Waals surface area (Å²) in [6.45, 7) is 4.81. The summed E-state index contributed by atoms with van der Waals surface area (Å²) >= 11 is 5.90. The van der Waals surface area contributed by atoms with E-state index < -0.39 is 0 Å². The van der Waals surface area contributed by atoms with Crippen LogP contribution in [0.25, 0.3) is 0 Å². The van der Waals surface area contributed by atoms with E-state index in [0.717, 1.165) is 34.7 Å². The van der Waals surface area contributed by atoms with Gasteiger partial charge in [-0.05, 0) is 43.7 Å². The predicted molar refractivity (Wildman–Crippen MR) is 82.7 cm³/mol. The molecule has 2 aromatic carbocycles. The number of hydrogen-bond donors (Lipinski definition) is 1. The predicted octanol–water partition coefficient (Wildman–Crippen LogP) is 4.68. The first-order valence-corrected chi connectivity index (χ1v) is 7.22. The summed E-state index contributed by atoms with van der Waals surface area (Å²) in [7, 11) is 0. The Morgan fingerprint density at radius 3 is 2.50 bits per heavy atom. The molecule has 0 aliphatic rings. The van der Waals surface area contributed by atoms with Crippen molar-refractivity contribution in [3.8, 4) is 0 Å². The zero-order valence-corrected chi connectivity index (χ0v) is 12.5. The summed E-state index contributed by atoms with van der Waals surface area (Å²) in [6, 6.07) is 12.9. The number of likely N-dealkylation sites (N-methyl/N-ethyl adjacent to an activating group) is 1. The molecule has 1 nitrogen and oxygen atoms in total. The van der Waals surface area contributed by atoms with Crippen LogP contribution >= 0.6 is 11.6 Å². The van der Waals surface area contributed by atoms with Crippen molar-refractivity contribution in [2.45, 2.75) is 26.3 Å². The zero-order valence-electron chi connectivity index (χ0n) is 11.8. The molecular formula is C17H19ClFN. The summed E-state index contributed by atoms with van der Waals surface area (Å²) in [6.07, 6.45) is 0.741. The average Bonchev–Trinajstić information content (AvgIpc) is 2.43. The van der Waals surface area contributed by atoms with Gasteiger partial charge in [-0.15, -0.1) is 0 Å². The second-order valence-corrected chi connectivity index (χ2v) is 5.40. The zero-order chi connectivity index (χ0) is 14.5. The quantitative estimate of drug-likeness (QED) is 0.843. The molecule has 0 heterocycles. The molecule has 0 bridgehead atoms. The maximum absolute atomic E-state index is 14.0. The van der Waals surface area contributed by atoms with Crippen LogP contribution in [-0.4, -0.2) is 6.54 Å². The van der Waals surface area contributed by atoms with Crippen LogP contribution < -0.4 is 5.32 Å². The topological polar surface area (TPSA) is 12.0 Å². The Balaban J connectivity index is 2.26. The van der Waals surface area contributed by atoms with Gasteiger partial charge in [0.25, 0.3) is 0 Å². The molecule has 0 saturated carbocycles. The van der Waals surface area contributed by atoms with Crippen molar-refractivity contribution < 1.29 is 4.39 Å². The first kappa shape index (κ1) is 15.0. The Kier molecular flexibility index (Phi) is 5.16. The molecule has 1 atom stereocenters. The van der Waals surface area contributed by atoms with Crippen LogP contribution in [0.15, 0.2) is 42.5 Å². The van der Waals surface area contributed by atoms with Gasteiger partial charge in [-0.1, -0.05) is 48.4 Å². The fraction of sp³-hybridized carbons (Fsp3) is 0.294. The molecule has 0 radical (unpaired) electrons. The van der Waals surface area contributed by atoms with Gasteiger partial charge in [0.2, 0.25) is 0 Å². The van der Waals surface area contributed by atoms with Gasteiger partial charge < -0.3 is 5.32 Å². The Bertz CT molecular complexity index is 566. The van der Waals surface area contributed by atoms with E-state index in [4.69, 9.17) is 11.6 Å². The SMILES string of the molecule is CCNC(Cc1ccc(Cl)cc1)c1cc(C)ccc1F. The van der Waals surface area contributed by atoms with Gasteiger partial charge in [-0.2, -0.15) is 0 Å². The van der Waals surface area contributed by atoms with E-state index in [9.17, 15) is 4.39 Å². The van der Waals surface area contributed by atoms with Gasteiger partial charge >= 0.3 is 0 Å². The molecule has 2 rings (SSSR count). The second-order valence-electron chi connectivity index (χ2n) is 4.97. The number of halogens is 2. The fourth-order valence-electron chi connectivity index (χ4n) is 2.32. The molecule has 1 N–H and O–H groups in total. The van der Waals surface area contributed by atoms with Crippen LogP contribution in [0.1, 0.15) is 29.7 Å². The number of aryl methyl sites for hydroxylation is 1. The van der Waals surface area contributed by atoms with Crippen molar-refractivity contribution >= 4 is 11.6 Å². The van der Waals surface area contributed by atoms with Crippen molar-refractivity contribution in [2.75, 3.05) is 6.54 Å². The molecule has 0 saturated heterocycles. The molecule has 0 aliphatic heterocycles. The lowest BCUT2D eigenvalue weighted by Gasteiger charge is -2.20. The van der Waals surface area contributed by atoms with E-state index in [1.54, 1.807) is 6.07 Å². The van der Waals surface area contributed by atoms with Gasteiger partial charge in [-0.3, -0.25) is 0 Å². The summed E-state index contributed by atoms with van der Waals surface area (Å²) in [5.74, 6) is -0.157. The minimum Gasteiger partial charge on any atom is -0.310 e. The van der Waals surface area contributed by atoms with E-state index in [2.05, 4.69) is 5.32 Å². The molecule has 1 unspecified atom stereocenters. The second kappa shape index (κ2) is 6.87. The molecular weight excluding hydrogens is 273 g/mol. The van der Waals surface area contributed by atoms with Crippen molar-refractivity contribution in [1.29, 1.82) is 0 Å². The van der Waals surface area contributed by atoms with Crippen LogP contribution in [0, 0.1) is 12.7 Å². The minimum absolute atomic E-state index is 0.0268. The molecule has 20 heavy (non-hydrogen) atoms. The first-order valence-electron chi connectivity index (χ1n) is 6.84. The number of rotatable bonds is 5. The van der Waals surface area contributed by atoms with E-state index in [-0.39, 0.29) is 11.9 Å². The highest BCUT2D eigenvalue weighted by atomic mass is 35.5. The van der Waals surface area contributed by atoms with Gasteiger partial charge in [0.15, 0.2) is 0 Å². The summed E-state index contributed by atoms with van der Waals surface area (Å²) in [5.41, 5.74) is 2.93. The van der Waals surface area contributed by atoms with E-state index in [1.807, 2.05) is 44.2 Å². The van der Waals surface area contributed by atoms with Gasteiger partial charge in [0.05, 0.1) is 0 Å².